The van der Waals surface area contributed by atoms with Crippen molar-refractivity contribution in [1.82, 2.24) is 9.80 Å². The Labute approximate surface area is 246 Å². The quantitative estimate of drug-likeness (QED) is 0.220. The van der Waals surface area contributed by atoms with Crippen LogP contribution >= 0.6 is 0 Å². The second-order valence-corrected chi connectivity index (χ2v) is 9.92. The summed E-state index contributed by atoms with van der Waals surface area (Å²) in [6.45, 7) is 2.84. The average molecular weight is 567 g/mol. The van der Waals surface area contributed by atoms with E-state index in [1.165, 1.54) is 0 Å². The van der Waals surface area contributed by atoms with Crippen LogP contribution in [0.2, 0.25) is 0 Å². The van der Waals surface area contributed by atoms with Gasteiger partial charge in [0.05, 0.1) is 0 Å². The van der Waals surface area contributed by atoms with Crippen molar-refractivity contribution in [3.05, 3.63) is 131 Å². The van der Waals surface area contributed by atoms with Crippen LogP contribution in [0, 0.1) is 0 Å². The Morgan fingerprint density at radius 3 is 1.14 bits per heavy atom. The average Bonchev–Trinajstić information content (AvgIpc) is 3.06. The number of nitrogens with zero attached hydrogens (tertiary/aromatic N) is 2. The molecule has 8 heteroatoms. The van der Waals surface area contributed by atoms with Gasteiger partial charge in [-0.1, -0.05) is 84.9 Å². The van der Waals surface area contributed by atoms with Gasteiger partial charge in [0.15, 0.2) is 0 Å². The molecule has 0 unspecified atom stereocenters. The van der Waals surface area contributed by atoms with Gasteiger partial charge in [-0.15, -0.1) is 0 Å². The lowest BCUT2D eigenvalue weighted by Crippen LogP contribution is -2.50. The zero-order chi connectivity index (χ0) is 29.0. The fraction of sp³-hybridized carbons (Fsp3) is 0.235. The molecule has 216 valence electrons. The Morgan fingerprint density at radius 2 is 0.786 bits per heavy atom. The van der Waals surface area contributed by atoms with Crippen molar-refractivity contribution < 1.29 is 28.5 Å². The maximum absolute atomic E-state index is 12.6. The van der Waals surface area contributed by atoms with Crippen LogP contribution in [0.25, 0.3) is 0 Å². The van der Waals surface area contributed by atoms with Crippen molar-refractivity contribution in [2.45, 2.75) is 26.4 Å². The van der Waals surface area contributed by atoms with Crippen LogP contribution in [0.1, 0.15) is 22.3 Å². The van der Waals surface area contributed by atoms with E-state index in [1.54, 1.807) is 9.80 Å². The third-order valence-electron chi connectivity index (χ3n) is 6.86. The number of piperazine rings is 1. The normalized spacial score (nSPS) is 12.9. The number of rotatable bonds is 10. The lowest BCUT2D eigenvalue weighted by Gasteiger charge is -2.33. The van der Waals surface area contributed by atoms with E-state index in [1.807, 2.05) is 109 Å². The van der Waals surface area contributed by atoms with Crippen molar-refractivity contribution in [2.75, 3.05) is 26.2 Å². The summed E-state index contributed by atoms with van der Waals surface area (Å²) in [5, 5.41) is 0. The highest BCUT2D eigenvalue weighted by Crippen LogP contribution is 2.17. The Bertz CT molecular complexity index is 1290. The van der Waals surface area contributed by atoms with Gasteiger partial charge in [0.2, 0.25) is 0 Å². The first-order valence-corrected chi connectivity index (χ1v) is 14.0. The van der Waals surface area contributed by atoms with E-state index < -0.39 is 12.2 Å². The molecule has 5 rings (SSSR count). The molecule has 4 aromatic carbocycles. The van der Waals surface area contributed by atoms with E-state index in [0.29, 0.717) is 39.4 Å². The summed E-state index contributed by atoms with van der Waals surface area (Å²) in [6, 6.07) is 34.9. The summed E-state index contributed by atoms with van der Waals surface area (Å²) < 4.78 is 22.6. The number of benzene rings is 4. The summed E-state index contributed by atoms with van der Waals surface area (Å²) >= 11 is 0. The third-order valence-corrected chi connectivity index (χ3v) is 6.86. The molecule has 1 saturated heterocycles. The molecule has 0 radical (unpaired) electrons. The predicted octanol–water partition coefficient (Wildman–Crippen LogP) is 6.44. The van der Waals surface area contributed by atoms with E-state index in [2.05, 4.69) is 0 Å². The van der Waals surface area contributed by atoms with Gasteiger partial charge in [-0.2, -0.15) is 0 Å². The molecule has 0 N–H and O–H groups in total. The van der Waals surface area contributed by atoms with Crippen LogP contribution in [-0.2, 0) is 35.9 Å². The summed E-state index contributed by atoms with van der Waals surface area (Å²) in [6.07, 6.45) is -0.802. The van der Waals surface area contributed by atoms with E-state index in [4.69, 9.17) is 18.9 Å². The van der Waals surface area contributed by atoms with E-state index >= 15 is 0 Å². The molecular weight excluding hydrogens is 532 g/mol. The number of amides is 2. The van der Waals surface area contributed by atoms with Gasteiger partial charge in [0, 0.05) is 26.2 Å². The largest absolute Gasteiger partial charge is 0.489 e. The van der Waals surface area contributed by atoms with Crippen LogP contribution in [0.4, 0.5) is 9.59 Å². The zero-order valence-electron chi connectivity index (χ0n) is 23.4. The Hall–Kier alpha value is -4.98. The molecular formula is C34H34N2O6. The summed E-state index contributed by atoms with van der Waals surface area (Å²) in [7, 11) is 0. The molecule has 0 aliphatic carbocycles. The number of carbonyl (C=O) groups excluding carboxylic acids is 2. The number of hydrogen-bond donors (Lipinski definition) is 0. The topological polar surface area (TPSA) is 77.5 Å². The molecule has 1 aliphatic rings. The third kappa shape index (κ3) is 8.51. The molecule has 0 aromatic heterocycles. The van der Waals surface area contributed by atoms with Crippen LogP contribution in [0.5, 0.6) is 11.5 Å². The van der Waals surface area contributed by atoms with Gasteiger partial charge >= 0.3 is 12.2 Å². The number of carbonyl (C=O) groups is 2. The summed E-state index contributed by atoms with van der Waals surface area (Å²) in [5.41, 5.74) is 3.93. The molecule has 2 amide bonds. The SMILES string of the molecule is O=C(OCc1ccc(OCc2ccccc2)cc1)N1CCN(C(=O)OCc2ccc(OCc3ccccc3)cc2)CC1. The Morgan fingerprint density at radius 1 is 0.452 bits per heavy atom. The summed E-state index contributed by atoms with van der Waals surface area (Å²) in [5.74, 6) is 1.50. The molecule has 0 spiro atoms. The van der Waals surface area contributed by atoms with E-state index in [-0.39, 0.29) is 13.2 Å². The fourth-order valence-electron chi connectivity index (χ4n) is 4.39. The number of hydrogen-bond acceptors (Lipinski definition) is 6. The second-order valence-electron chi connectivity index (χ2n) is 9.92. The van der Waals surface area contributed by atoms with Gasteiger partial charge in [-0.25, -0.2) is 9.59 Å². The molecule has 42 heavy (non-hydrogen) atoms. The van der Waals surface area contributed by atoms with Crippen molar-refractivity contribution in [3.63, 3.8) is 0 Å². The van der Waals surface area contributed by atoms with Gasteiger partial charge in [-0.3, -0.25) is 0 Å². The van der Waals surface area contributed by atoms with E-state index in [9.17, 15) is 9.59 Å². The smallest absolute Gasteiger partial charge is 0.410 e. The molecule has 1 fully saturated rings. The Kier molecular flexibility index (Phi) is 9.92. The van der Waals surface area contributed by atoms with Gasteiger partial charge in [-0.05, 0) is 46.5 Å². The highest BCUT2D eigenvalue weighted by molar-refractivity contribution is 5.70. The first kappa shape index (κ1) is 28.5. The lowest BCUT2D eigenvalue weighted by molar-refractivity contribution is 0.0557. The summed E-state index contributed by atoms with van der Waals surface area (Å²) in [4.78, 5) is 28.4. The van der Waals surface area contributed by atoms with Gasteiger partial charge in [0.25, 0.3) is 0 Å². The van der Waals surface area contributed by atoms with Crippen LogP contribution in [0.3, 0.4) is 0 Å². The maximum atomic E-state index is 12.6. The molecule has 1 heterocycles. The van der Waals surface area contributed by atoms with Crippen molar-refractivity contribution in [2.24, 2.45) is 0 Å². The number of ether oxygens (including phenoxy) is 4. The van der Waals surface area contributed by atoms with Crippen molar-refractivity contribution in [3.8, 4) is 11.5 Å². The minimum Gasteiger partial charge on any atom is -0.489 e. The maximum Gasteiger partial charge on any atom is 0.410 e. The van der Waals surface area contributed by atoms with Crippen LogP contribution < -0.4 is 9.47 Å². The van der Waals surface area contributed by atoms with Crippen LogP contribution in [0.15, 0.2) is 109 Å². The molecule has 1 aliphatic heterocycles. The van der Waals surface area contributed by atoms with Crippen molar-refractivity contribution in [1.29, 1.82) is 0 Å². The molecule has 0 bridgehead atoms. The Balaban J connectivity index is 0.975. The standard InChI is InChI=1S/C34H34N2O6/c37-33(41-25-29-11-15-31(16-12-29)39-23-27-7-3-1-4-8-27)35-19-21-36(22-20-35)34(38)42-26-30-13-17-32(18-14-30)40-24-28-9-5-2-6-10-28/h1-18H,19-26H2. The molecule has 4 aromatic rings. The molecule has 8 nitrogen and oxygen atoms in total. The fourth-order valence-corrected chi connectivity index (χ4v) is 4.39. The molecule has 0 atom stereocenters. The lowest BCUT2D eigenvalue weighted by atomic mass is 10.2. The second kappa shape index (κ2) is 14.6. The minimum absolute atomic E-state index is 0.163. The van der Waals surface area contributed by atoms with Gasteiger partial charge < -0.3 is 28.7 Å². The first-order chi connectivity index (χ1) is 20.6. The zero-order valence-corrected chi connectivity index (χ0v) is 23.4. The van der Waals surface area contributed by atoms with Gasteiger partial charge in [0.1, 0.15) is 37.9 Å². The highest BCUT2D eigenvalue weighted by atomic mass is 16.6. The predicted molar refractivity (Wildman–Crippen MR) is 158 cm³/mol. The molecule has 0 saturated carbocycles. The minimum atomic E-state index is -0.401. The van der Waals surface area contributed by atoms with Crippen LogP contribution in [-0.4, -0.2) is 48.2 Å². The van der Waals surface area contributed by atoms with E-state index in [0.717, 1.165) is 33.8 Å². The monoisotopic (exact) mass is 566 g/mol. The first-order valence-electron chi connectivity index (χ1n) is 14.0. The highest BCUT2D eigenvalue weighted by Gasteiger charge is 2.26. The van der Waals surface area contributed by atoms with Crippen molar-refractivity contribution >= 4 is 12.2 Å².